The summed E-state index contributed by atoms with van der Waals surface area (Å²) < 4.78 is 33.3. The molecular weight excluding hydrogens is 333 g/mol. The summed E-state index contributed by atoms with van der Waals surface area (Å²) in [5, 5.41) is 2.55. The molecule has 0 aliphatic heterocycles. The van der Waals surface area contributed by atoms with Gasteiger partial charge in [0, 0.05) is 19.3 Å². The number of rotatable bonds is 5. The normalized spacial score (nSPS) is 10.7. The third kappa shape index (κ3) is 5.28. The number of para-hydroxylation sites is 1. The quantitative estimate of drug-likeness (QED) is 0.429. The molecule has 0 spiro atoms. The number of aromatic nitrogens is 2. The summed E-state index contributed by atoms with van der Waals surface area (Å²) in [6.45, 7) is 1.85. The van der Waals surface area contributed by atoms with Crippen LogP contribution in [0.3, 0.4) is 0 Å². The Balaban J connectivity index is 0.00000242. The van der Waals surface area contributed by atoms with Gasteiger partial charge in [0.05, 0.1) is 11.3 Å². The molecule has 0 aliphatic rings. The van der Waals surface area contributed by atoms with Gasteiger partial charge in [-0.2, -0.15) is 8.42 Å². The topological polar surface area (TPSA) is 125 Å². The minimum atomic E-state index is -4.10. The summed E-state index contributed by atoms with van der Waals surface area (Å²) >= 11 is 0. The SMILES string of the molecule is Cc1c(CNCS(=O)(=O)O)c(=O)n(-c2ccccc2)n1C.O.[Na+]. The first kappa shape index (κ1) is 22.1. The first-order chi connectivity index (χ1) is 9.81. The maximum atomic E-state index is 12.5. The van der Waals surface area contributed by atoms with Crippen molar-refractivity contribution in [3.8, 4) is 5.69 Å². The van der Waals surface area contributed by atoms with Gasteiger partial charge in [-0.1, -0.05) is 18.2 Å². The molecule has 2 aromatic rings. The van der Waals surface area contributed by atoms with E-state index in [2.05, 4.69) is 5.32 Å². The average Bonchev–Trinajstić information content (AvgIpc) is 2.62. The third-order valence-corrected chi connectivity index (χ3v) is 3.83. The molecule has 1 aromatic carbocycles. The largest absolute Gasteiger partial charge is 1.00 e. The Kier molecular flexibility index (Phi) is 8.43. The summed E-state index contributed by atoms with van der Waals surface area (Å²) in [6.07, 6.45) is 0. The molecule has 0 amide bonds. The molecule has 1 heterocycles. The molecule has 23 heavy (non-hydrogen) atoms. The fourth-order valence-electron chi connectivity index (χ4n) is 2.13. The van der Waals surface area contributed by atoms with Crippen LogP contribution in [-0.2, 0) is 23.7 Å². The molecule has 0 aliphatic carbocycles. The maximum absolute atomic E-state index is 12.5. The molecule has 122 valence electrons. The Morgan fingerprint density at radius 2 is 1.78 bits per heavy atom. The van der Waals surface area contributed by atoms with E-state index in [4.69, 9.17) is 4.55 Å². The van der Waals surface area contributed by atoms with Crippen molar-refractivity contribution in [1.82, 2.24) is 14.7 Å². The molecule has 1 aromatic heterocycles. The van der Waals surface area contributed by atoms with Gasteiger partial charge in [-0.3, -0.25) is 19.3 Å². The van der Waals surface area contributed by atoms with E-state index in [1.165, 1.54) is 4.68 Å². The van der Waals surface area contributed by atoms with E-state index in [0.29, 0.717) is 5.56 Å². The number of benzene rings is 1. The van der Waals surface area contributed by atoms with E-state index in [1.54, 1.807) is 18.7 Å². The van der Waals surface area contributed by atoms with Gasteiger partial charge in [0.25, 0.3) is 15.7 Å². The molecule has 0 bridgehead atoms. The fraction of sp³-hybridized carbons (Fsp3) is 0.308. The molecule has 10 heteroatoms. The van der Waals surface area contributed by atoms with E-state index in [1.807, 2.05) is 30.3 Å². The van der Waals surface area contributed by atoms with E-state index in [0.717, 1.165) is 11.4 Å². The zero-order valence-electron chi connectivity index (χ0n) is 13.3. The van der Waals surface area contributed by atoms with Crippen molar-refractivity contribution < 1.29 is 48.0 Å². The van der Waals surface area contributed by atoms with Crippen LogP contribution < -0.4 is 40.4 Å². The van der Waals surface area contributed by atoms with E-state index in [-0.39, 0.29) is 47.1 Å². The van der Waals surface area contributed by atoms with E-state index in [9.17, 15) is 13.2 Å². The molecule has 0 unspecified atom stereocenters. The van der Waals surface area contributed by atoms with Gasteiger partial charge >= 0.3 is 29.6 Å². The van der Waals surface area contributed by atoms with Crippen molar-refractivity contribution in [3.63, 3.8) is 0 Å². The number of nitrogens with one attached hydrogen (secondary N) is 1. The predicted molar refractivity (Wildman–Crippen MR) is 82.6 cm³/mol. The van der Waals surface area contributed by atoms with E-state index >= 15 is 0 Å². The Hall–Kier alpha value is -0.940. The van der Waals surface area contributed by atoms with Crippen molar-refractivity contribution in [2.45, 2.75) is 13.5 Å². The Labute approximate surface area is 156 Å². The van der Waals surface area contributed by atoms with Crippen molar-refractivity contribution in [3.05, 3.63) is 51.9 Å². The van der Waals surface area contributed by atoms with Gasteiger partial charge in [0.15, 0.2) is 0 Å². The van der Waals surface area contributed by atoms with Gasteiger partial charge in [-0.15, -0.1) is 0 Å². The number of hydrogen-bond donors (Lipinski definition) is 2. The van der Waals surface area contributed by atoms with Crippen LogP contribution in [0.15, 0.2) is 35.1 Å². The van der Waals surface area contributed by atoms with Crippen LogP contribution in [-0.4, -0.2) is 33.7 Å². The van der Waals surface area contributed by atoms with Crippen LogP contribution in [0.5, 0.6) is 0 Å². The Bertz CT molecular complexity index is 799. The average molecular weight is 352 g/mol. The van der Waals surface area contributed by atoms with Gasteiger partial charge in [0.2, 0.25) is 0 Å². The summed E-state index contributed by atoms with van der Waals surface area (Å²) in [5.41, 5.74) is 1.70. The molecular formula is C13H19N3NaO5S+. The summed E-state index contributed by atoms with van der Waals surface area (Å²) in [7, 11) is -2.34. The standard InChI is InChI=1S/C13H17N3O4S.Na.H2O/c1-10-12(8-14-9-21(18,19)20)13(17)16(15(10)2)11-6-4-3-5-7-11;;/h3-7,14H,8-9H2,1-2H3,(H,18,19,20);;1H2/q;+1;. The fourth-order valence-corrected chi connectivity index (χ4v) is 2.49. The van der Waals surface area contributed by atoms with Gasteiger partial charge < -0.3 is 5.48 Å². The second-order valence-electron chi connectivity index (χ2n) is 4.69. The zero-order valence-corrected chi connectivity index (χ0v) is 16.1. The molecule has 0 saturated carbocycles. The Morgan fingerprint density at radius 3 is 2.30 bits per heavy atom. The van der Waals surface area contributed by atoms with Crippen LogP contribution in [0.1, 0.15) is 11.3 Å². The molecule has 2 rings (SSSR count). The molecule has 0 atom stereocenters. The summed E-state index contributed by atoms with van der Waals surface area (Å²) in [5.74, 6) is -0.591. The van der Waals surface area contributed by atoms with Crippen LogP contribution >= 0.6 is 0 Å². The third-order valence-electron chi connectivity index (χ3n) is 3.26. The molecule has 4 N–H and O–H groups in total. The summed E-state index contributed by atoms with van der Waals surface area (Å²) in [6, 6.07) is 9.16. The van der Waals surface area contributed by atoms with Crippen LogP contribution in [0.25, 0.3) is 5.69 Å². The molecule has 0 radical (unpaired) electrons. The van der Waals surface area contributed by atoms with Crippen LogP contribution in [0.4, 0.5) is 0 Å². The van der Waals surface area contributed by atoms with Crippen LogP contribution in [0.2, 0.25) is 0 Å². The van der Waals surface area contributed by atoms with Crippen molar-refractivity contribution in [2.24, 2.45) is 7.05 Å². The molecule has 8 nitrogen and oxygen atoms in total. The number of hydrogen-bond acceptors (Lipinski definition) is 4. The first-order valence-corrected chi connectivity index (χ1v) is 7.91. The van der Waals surface area contributed by atoms with Gasteiger partial charge in [-0.05, 0) is 19.1 Å². The minimum absolute atomic E-state index is 0. The summed E-state index contributed by atoms with van der Waals surface area (Å²) in [4.78, 5) is 12.5. The van der Waals surface area contributed by atoms with Crippen molar-refractivity contribution in [2.75, 3.05) is 5.88 Å². The smallest absolute Gasteiger partial charge is 0.412 e. The molecule has 0 saturated heterocycles. The Morgan fingerprint density at radius 1 is 1.22 bits per heavy atom. The second-order valence-corrected chi connectivity index (χ2v) is 6.15. The predicted octanol–water partition coefficient (Wildman–Crippen LogP) is -3.40. The second kappa shape index (κ2) is 8.78. The zero-order chi connectivity index (χ0) is 15.6. The van der Waals surface area contributed by atoms with Gasteiger partial charge in [-0.25, -0.2) is 4.68 Å². The minimum Gasteiger partial charge on any atom is -0.412 e. The molecule has 0 fully saturated rings. The number of nitrogens with zero attached hydrogens (tertiary/aromatic N) is 2. The van der Waals surface area contributed by atoms with E-state index < -0.39 is 16.0 Å². The van der Waals surface area contributed by atoms with Gasteiger partial charge in [0.1, 0.15) is 5.88 Å². The monoisotopic (exact) mass is 352 g/mol. The van der Waals surface area contributed by atoms with Crippen LogP contribution in [0, 0.1) is 6.92 Å². The van der Waals surface area contributed by atoms with Crippen molar-refractivity contribution >= 4 is 10.1 Å². The first-order valence-electron chi connectivity index (χ1n) is 6.30. The van der Waals surface area contributed by atoms with Crippen molar-refractivity contribution in [1.29, 1.82) is 0 Å². The maximum Gasteiger partial charge on any atom is 1.00 e.